The monoisotopic (exact) mass is 310 g/mol. The van der Waals surface area contributed by atoms with Crippen molar-refractivity contribution in [1.29, 1.82) is 0 Å². The van der Waals surface area contributed by atoms with Crippen molar-refractivity contribution in [2.75, 3.05) is 0 Å². The zero-order valence-electron chi connectivity index (χ0n) is 12.4. The number of aliphatic carboxylic acids is 1. The largest absolute Gasteiger partial charge is 0.481 e. The smallest absolute Gasteiger partial charge is 0.307 e. The Hall–Kier alpha value is -2.45. The first-order chi connectivity index (χ1) is 10.2. The fourth-order valence-electron chi connectivity index (χ4n) is 2.52. The van der Waals surface area contributed by atoms with Gasteiger partial charge in [-0.1, -0.05) is 0 Å². The Labute approximate surface area is 126 Å². The van der Waals surface area contributed by atoms with Gasteiger partial charge < -0.3 is 10.4 Å². The van der Waals surface area contributed by atoms with Crippen LogP contribution in [0.5, 0.6) is 0 Å². The summed E-state index contributed by atoms with van der Waals surface area (Å²) in [5.41, 5.74) is -1.29. The molecule has 1 amide bonds. The minimum absolute atomic E-state index is 0.187. The van der Waals surface area contributed by atoms with Crippen LogP contribution in [0.1, 0.15) is 33.1 Å². The summed E-state index contributed by atoms with van der Waals surface area (Å²) < 4.78 is 1.24. The number of hydrogen-bond acceptors (Lipinski definition) is 5. The average molecular weight is 310 g/mol. The molecule has 0 aliphatic heterocycles. The average Bonchev–Trinajstić information content (AvgIpc) is 3.07. The molecule has 2 N–H and O–H groups in total. The predicted octanol–water partition coefficient (Wildman–Crippen LogP) is 0.896. The third-order valence-electron chi connectivity index (χ3n) is 4.03. The molecule has 1 aliphatic rings. The molecule has 1 aromatic heterocycles. The Balaban J connectivity index is 2.04. The van der Waals surface area contributed by atoms with Crippen LogP contribution in [0, 0.1) is 16.0 Å². The first-order valence-electron chi connectivity index (χ1n) is 6.95. The van der Waals surface area contributed by atoms with Crippen LogP contribution in [0.3, 0.4) is 0 Å². The van der Waals surface area contributed by atoms with Gasteiger partial charge in [-0.05, 0) is 33.1 Å². The van der Waals surface area contributed by atoms with E-state index in [4.69, 9.17) is 5.11 Å². The van der Waals surface area contributed by atoms with E-state index in [9.17, 15) is 19.7 Å². The SMILES string of the molecule is CC(C)(C(=O)N[C@@H]1CC[C@H](C(=O)O)C1)n1cc([N+](=O)[O-])cn1. The van der Waals surface area contributed by atoms with Crippen LogP contribution in [0.2, 0.25) is 0 Å². The maximum atomic E-state index is 12.4. The van der Waals surface area contributed by atoms with Crippen LogP contribution < -0.4 is 5.32 Å². The van der Waals surface area contributed by atoms with Crippen molar-refractivity contribution in [1.82, 2.24) is 15.1 Å². The van der Waals surface area contributed by atoms with E-state index in [2.05, 4.69) is 10.4 Å². The Morgan fingerprint density at radius 1 is 1.50 bits per heavy atom. The molecule has 0 bridgehead atoms. The number of nitrogens with zero attached hydrogens (tertiary/aromatic N) is 3. The van der Waals surface area contributed by atoms with Crippen molar-refractivity contribution in [2.24, 2.45) is 5.92 Å². The molecule has 1 aromatic rings. The Morgan fingerprint density at radius 3 is 2.68 bits per heavy atom. The number of hydrogen-bond donors (Lipinski definition) is 2. The highest BCUT2D eigenvalue weighted by Gasteiger charge is 2.36. The fraction of sp³-hybridized carbons (Fsp3) is 0.615. The second-order valence-corrected chi connectivity index (χ2v) is 5.98. The number of carboxylic acid groups (broad SMARTS) is 1. The van der Waals surface area contributed by atoms with Crippen molar-refractivity contribution >= 4 is 17.6 Å². The molecule has 0 aromatic carbocycles. The molecule has 0 radical (unpaired) electrons. The fourth-order valence-corrected chi connectivity index (χ4v) is 2.52. The van der Waals surface area contributed by atoms with Gasteiger partial charge in [0.05, 0.1) is 10.8 Å². The summed E-state index contributed by atoms with van der Waals surface area (Å²) >= 11 is 0. The summed E-state index contributed by atoms with van der Waals surface area (Å²) in [6.45, 7) is 3.20. The summed E-state index contributed by atoms with van der Waals surface area (Å²) in [6.07, 6.45) is 3.84. The van der Waals surface area contributed by atoms with E-state index in [0.29, 0.717) is 19.3 Å². The molecule has 2 rings (SSSR count). The second kappa shape index (κ2) is 5.74. The second-order valence-electron chi connectivity index (χ2n) is 5.98. The van der Waals surface area contributed by atoms with Gasteiger partial charge in [-0.25, -0.2) is 0 Å². The normalized spacial score (nSPS) is 21.5. The van der Waals surface area contributed by atoms with Crippen LogP contribution in [0.15, 0.2) is 12.4 Å². The van der Waals surface area contributed by atoms with Gasteiger partial charge in [0, 0.05) is 6.04 Å². The molecule has 0 spiro atoms. The van der Waals surface area contributed by atoms with Crippen molar-refractivity contribution in [3.63, 3.8) is 0 Å². The first-order valence-corrected chi connectivity index (χ1v) is 6.95. The molecule has 2 atom stereocenters. The minimum Gasteiger partial charge on any atom is -0.481 e. The number of rotatable bonds is 5. The van der Waals surface area contributed by atoms with Gasteiger partial charge in [0.25, 0.3) is 0 Å². The van der Waals surface area contributed by atoms with E-state index < -0.39 is 22.3 Å². The van der Waals surface area contributed by atoms with Gasteiger partial charge in [0.1, 0.15) is 17.9 Å². The molecule has 9 heteroatoms. The maximum absolute atomic E-state index is 12.4. The van der Waals surface area contributed by atoms with E-state index in [1.54, 1.807) is 13.8 Å². The Kier molecular flexibility index (Phi) is 4.16. The lowest BCUT2D eigenvalue weighted by Crippen LogP contribution is -2.48. The summed E-state index contributed by atoms with van der Waals surface area (Å²) in [6, 6.07) is -0.196. The lowest BCUT2D eigenvalue weighted by Gasteiger charge is -2.26. The van der Waals surface area contributed by atoms with Crippen molar-refractivity contribution in [3.8, 4) is 0 Å². The quantitative estimate of drug-likeness (QED) is 0.614. The van der Waals surface area contributed by atoms with E-state index in [1.165, 1.54) is 10.9 Å². The van der Waals surface area contributed by atoms with Gasteiger partial charge in [0.2, 0.25) is 5.91 Å². The van der Waals surface area contributed by atoms with Crippen LogP contribution in [0.4, 0.5) is 5.69 Å². The standard InChI is InChI=1S/C13H18N4O5/c1-13(2,16-7-10(6-14-16)17(21)22)12(20)15-9-4-3-8(5-9)11(18)19/h6-9H,3-5H2,1-2H3,(H,15,20)(H,18,19)/t8-,9+/m0/s1. The highest BCUT2D eigenvalue weighted by Crippen LogP contribution is 2.27. The van der Waals surface area contributed by atoms with E-state index in [1.807, 2.05) is 0 Å². The first kappa shape index (κ1) is 15.9. The Morgan fingerprint density at radius 2 is 2.18 bits per heavy atom. The topological polar surface area (TPSA) is 127 Å². The predicted molar refractivity (Wildman–Crippen MR) is 75.1 cm³/mol. The molecule has 1 aliphatic carbocycles. The number of carbonyl (C=O) groups excluding carboxylic acids is 1. The van der Waals surface area contributed by atoms with Crippen LogP contribution in [-0.4, -0.2) is 37.7 Å². The summed E-state index contributed by atoms with van der Waals surface area (Å²) in [5.74, 6) is -1.63. The van der Waals surface area contributed by atoms with Gasteiger partial charge in [-0.15, -0.1) is 0 Å². The molecule has 1 heterocycles. The molecule has 1 saturated carbocycles. The van der Waals surface area contributed by atoms with E-state index in [-0.39, 0.29) is 17.6 Å². The molecule has 0 unspecified atom stereocenters. The van der Waals surface area contributed by atoms with E-state index >= 15 is 0 Å². The van der Waals surface area contributed by atoms with E-state index in [0.717, 1.165) is 6.20 Å². The maximum Gasteiger partial charge on any atom is 0.307 e. The van der Waals surface area contributed by atoms with Gasteiger partial charge in [-0.3, -0.25) is 24.4 Å². The number of carbonyl (C=O) groups is 2. The lowest BCUT2D eigenvalue weighted by atomic mass is 10.0. The molecule has 22 heavy (non-hydrogen) atoms. The number of aromatic nitrogens is 2. The summed E-state index contributed by atoms with van der Waals surface area (Å²) in [5, 5.41) is 26.3. The van der Waals surface area contributed by atoms with Crippen molar-refractivity contribution < 1.29 is 19.6 Å². The van der Waals surface area contributed by atoms with Crippen LogP contribution >= 0.6 is 0 Å². The molecule has 1 fully saturated rings. The van der Waals surface area contributed by atoms with Gasteiger partial charge in [-0.2, -0.15) is 5.10 Å². The van der Waals surface area contributed by atoms with Gasteiger partial charge >= 0.3 is 11.7 Å². The number of carboxylic acids is 1. The highest BCUT2D eigenvalue weighted by molar-refractivity contribution is 5.84. The van der Waals surface area contributed by atoms with Crippen LogP contribution in [-0.2, 0) is 15.1 Å². The number of amides is 1. The van der Waals surface area contributed by atoms with Crippen LogP contribution in [0.25, 0.3) is 0 Å². The molecule has 9 nitrogen and oxygen atoms in total. The third kappa shape index (κ3) is 3.07. The molecule has 0 saturated heterocycles. The van der Waals surface area contributed by atoms with Gasteiger partial charge in [0.15, 0.2) is 0 Å². The highest BCUT2D eigenvalue weighted by atomic mass is 16.6. The third-order valence-corrected chi connectivity index (χ3v) is 4.03. The lowest BCUT2D eigenvalue weighted by molar-refractivity contribution is -0.385. The molecule has 120 valence electrons. The zero-order valence-corrected chi connectivity index (χ0v) is 12.4. The molecular formula is C13H18N4O5. The Bertz CT molecular complexity index is 609. The summed E-state index contributed by atoms with van der Waals surface area (Å²) in [7, 11) is 0. The minimum atomic E-state index is -1.10. The number of nitrogens with one attached hydrogen (secondary N) is 1. The summed E-state index contributed by atoms with van der Waals surface area (Å²) in [4.78, 5) is 33.4. The van der Waals surface area contributed by atoms with Crippen molar-refractivity contribution in [3.05, 3.63) is 22.5 Å². The molecular weight excluding hydrogens is 292 g/mol. The number of nitro groups is 1. The zero-order chi connectivity index (χ0) is 16.5. The van der Waals surface area contributed by atoms with Crippen molar-refractivity contribution in [2.45, 2.75) is 44.7 Å².